The molecule has 1 aliphatic rings. The lowest BCUT2D eigenvalue weighted by atomic mass is 9.78. The van der Waals surface area contributed by atoms with E-state index in [0.717, 1.165) is 47.8 Å². The molecule has 4 heteroatoms. The van der Waals surface area contributed by atoms with E-state index in [1.807, 2.05) is 13.0 Å². The highest BCUT2D eigenvalue weighted by Crippen LogP contribution is 2.50. The lowest BCUT2D eigenvalue weighted by molar-refractivity contribution is 0.0988. The van der Waals surface area contributed by atoms with E-state index < -0.39 is 5.54 Å². The molecule has 28 heavy (non-hydrogen) atoms. The lowest BCUT2D eigenvalue weighted by Gasteiger charge is -2.39. The van der Waals surface area contributed by atoms with Gasteiger partial charge in [0, 0.05) is 22.5 Å². The quantitative estimate of drug-likeness (QED) is 0.381. The van der Waals surface area contributed by atoms with Gasteiger partial charge in [0.25, 0.3) is 0 Å². The molecule has 1 aliphatic carbocycles. The van der Waals surface area contributed by atoms with Gasteiger partial charge in [0.2, 0.25) is 0 Å². The topological polar surface area (TPSA) is 55.1 Å². The Bertz CT molecular complexity index is 864. The zero-order chi connectivity index (χ0) is 20.3. The monoisotopic (exact) mass is 442 g/mol. The van der Waals surface area contributed by atoms with Crippen molar-refractivity contribution in [3.63, 3.8) is 0 Å². The Hall–Kier alpha value is -1.49. The number of carbonyl (C=O) groups is 1. The van der Waals surface area contributed by atoms with Crippen LogP contribution in [0.3, 0.4) is 0 Å². The molecule has 0 saturated carbocycles. The number of ketones is 1. The number of unbranched alkanes of at least 4 members (excludes halogenated alkanes) is 1. The minimum atomic E-state index is -0.469. The van der Waals surface area contributed by atoms with Crippen LogP contribution < -0.4 is 11.1 Å². The van der Waals surface area contributed by atoms with Crippen LogP contribution in [-0.2, 0) is 5.54 Å². The maximum absolute atomic E-state index is 12.4. The summed E-state index contributed by atoms with van der Waals surface area (Å²) >= 11 is 3.66. The van der Waals surface area contributed by atoms with Gasteiger partial charge in [0.15, 0.2) is 5.78 Å². The first-order valence-electron chi connectivity index (χ1n) is 10.5. The first-order chi connectivity index (χ1) is 13.5. The van der Waals surface area contributed by atoms with Crippen LogP contribution in [0.15, 0.2) is 40.9 Å². The van der Waals surface area contributed by atoms with Gasteiger partial charge in [-0.3, -0.25) is 4.79 Å². The predicted octanol–water partition coefficient (Wildman–Crippen LogP) is 5.78. The Morgan fingerprint density at radius 1 is 1.07 bits per heavy atom. The third-order valence-corrected chi connectivity index (χ3v) is 6.37. The van der Waals surface area contributed by atoms with Crippen LogP contribution in [0.25, 0.3) is 11.1 Å². The van der Waals surface area contributed by atoms with Gasteiger partial charge in [-0.2, -0.15) is 0 Å². The maximum Gasteiger partial charge on any atom is 0.162 e. The number of hydrogen-bond acceptors (Lipinski definition) is 3. The van der Waals surface area contributed by atoms with Crippen LogP contribution in [0, 0.1) is 0 Å². The molecule has 3 nitrogen and oxygen atoms in total. The average Bonchev–Trinajstić information content (AvgIpc) is 2.97. The molecule has 2 aromatic carbocycles. The van der Waals surface area contributed by atoms with Gasteiger partial charge in [-0.15, -0.1) is 0 Å². The number of halogens is 1. The first kappa shape index (κ1) is 21.2. The van der Waals surface area contributed by atoms with Crippen molar-refractivity contribution < 1.29 is 4.79 Å². The highest BCUT2D eigenvalue weighted by atomic mass is 79.9. The molecule has 3 N–H and O–H groups in total. The maximum atomic E-state index is 12.4. The fraction of sp³-hybridized carbons (Fsp3) is 0.458. The summed E-state index contributed by atoms with van der Waals surface area (Å²) in [5.41, 5.74) is 12.0. The molecule has 0 saturated heterocycles. The van der Waals surface area contributed by atoms with E-state index in [0.29, 0.717) is 6.42 Å². The highest BCUT2D eigenvalue weighted by molar-refractivity contribution is 9.10. The molecule has 0 radical (unpaired) electrons. The number of Topliss-reactive ketones (excluding diaryl/α,β-unsaturated/α-hetero) is 1. The van der Waals surface area contributed by atoms with E-state index in [-0.39, 0.29) is 11.8 Å². The summed E-state index contributed by atoms with van der Waals surface area (Å²) < 4.78 is 1.05. The lowest BCUT2D eigenvalue weighted by Crippen LogP contribution is -2.55. The third kappa shape index (κ3) is 3.58. The molecule has 0 fully saturated rings. The molecular formula is C24H31BrN2O. The van der Waals surface area contributed by atoms with Gasteiger partial charge in [0.05, 0.1) is 5.54 Å². The number of fused-ring (bicyclic) bond motifs is 3. The number of nitrogens with one attached hydrogen (secondary N) is 1. The Morgan fingerprint density at radius 2 is 1.75 bits per heavy atom. The minimum absolute atomic E-state index is 0.0735. The molecule has 0 spiro atoms. The molecule has 3 rings (SSSR count). The molecule has 2 aromatic rings. The molecule has 0 bridgehead atoms. The second-order valence-corrected chi connectivity index (χ2v) is 8.63. The summed E-state index contributed by atoms with van der Waals surface area (Å²) in [6.07, 6.45) is 4.65. The molecule has 0 aromatic heterocycles. The first-order valence-corrected chi connectivity index (χ1v) is 11.3. The van der Waals surface area contributed by atoms with Crippen molar-refractivity contribution in [3.05, 3.63) is 57.6 Å². The fourth-order valence-corrected chi connectivity index (χ4v) is 4.78. The molecule has 0 amide bonds. The second-order valence-electron chi connectivity index (χ2n) is 7.71. The van der Waals surface area contributed by atoms with Crippen molar-refractivity contribution in [1.29, 1.82) is 0 Å². The summed E-state index contributed by atoms with van der Waals surface area (Å²) in [6, 6.07) is 12.5. The fourth-order valence-electron chi connectivity index (χ4n) is 4.42. The van der Waals surface area contributed by atoms with Crippen molar-refractivity contribution >= 4 is 21.7 Å². The van der Waals surface area contributed by atoms with Gasteiger partial charge in [-0.25, -0.2) is 0 Å². The predicted molar refractivity (Wildman–Crippen MR) is 121 cm³/mol. The smallest absolute Gasteiger partial charge is 0.162 e. The highest BCUT2D eigenvalue weighted by Gasteiger charge is 2.47. The van der Waals surface area contributed by atoms with Crippen LogP contribution in [0.1, 0.15) is 74.4 Å². The van der Waals surface area contributed by atoms with Crippen LogP contribution in [0.4, 0.5) is 0 Å². The Morgan fingerprint density at radius 3 is 2.39 bits per heavy atom. The van der Waals surface area contributed by atoms with E-state index in [2.05, 4.69) is 65.4 Å². The zero-order valence-corrected chi connectivity index (χ0v) is 18.7. The molecular weight excluding hydrogens is 412 g/mol. The van der Waals surface area contributed by atoms with Crippen LogP contribution in [0.2, 0.25) is 0 Å². The van der Waals surface area contributed by atoms with Crippen molar-refractivity contribution in [2.24, 2.45) is 5.73 Å². The molecule has 150 valence electrons. The minimum Gasteiger partial charge on any atom is -0.326 e. The Kier molecular flexibility index (Phi) is 6.74. The van der Waals surface area contributed by atoms with Crippen molar-refractivity contribution in [2.45, 2.75) is 64.5 Å². The number of rotatable bonds is 9. The molecule has 0 heterocycles. The Labute approximate surface area is 177 Å². The van der Waals surface area contributed by atoms with Gasteiger partial charge < -0.3 is 11.1 Å². The Balaban J connectivity index is 2.26. The van der Waals surface area contributed by atoms with Crippen LogP contribution in [0.5, 0.6) is 0 Å². The molecule has 2 unspecified atom stereocenters. The normalized spacial score (nSPS) is 18.6. The summed E-state index contributed by atoms with van der Waals surface area (Å²) in [7, 11) is 0. The van der Waals surface area contributed by atoms with Crippen LogP contribution >= 0.6 is 15.9 Å². The van der Waals surface area contributed by atoms with E-state index in [9.17, 15) is 4.79 Å². The summed E-state index contributed by atoms with van der Waals surface area (Å²) in [4.78, 5) is 12.4. The second kappa shape index (κ2) is 8.89. The van der Waals surface area contributed by atoms with Crippen molar-refractivity contribution in [2.75, 3.05) is 6.54 Å². The molecule has 0 aliphatic heterocycles. The average molecular weight is 443 g/mol. The standard InChI is InChI=1S/C24H31BrN2O/c1-4-7-13-27-24(23(26)8-5-2)20-14-16(22(28)6-3)9-11-18(20)19-12-10-17(25)15-21(19)24/h9-12,14-15,23,27H,4-8,13,26H2,1-3H3. The van der Waals surface area contributed by atoms with Gasteiger partial charge in [0.1, 0.15) is 0 Å². The number of carbonyl (C=O) groups excluding carboxylic acids is 1. The van der Waals surface area contributed by atoms with Gasteiger partial charge >= 0.3 is 0 Å². The van der Waals surface area contributed by atoms with Gasteiger partial charge in [-0.1, -0.05) is 67.7 Å². The van der Waals surface area contributed by atoms with E-state index in [4.69, 9.17) is 5.73 Å². The summed E-state index contributed by atoms with van der Waals surface area (Å²) in [5.74, 6) is 0.173. The summed E-state index contributed by atoms with van der Waals surface area (Å²) in [6.45, 7) is 7.18. The number of hydrogen-bond donors (Lipinski definition) is 2. The number of nitrogens with two attached hydrogens (primary N) is 1. The summed E-state index contributed by atoms with van der Waals surface area (Å²) in [5, 5.41) is 3.85. The largest absolute Gasteiger partial charge is 0.326 e. The zero-order valence-electron chi connectivity index (χ0n) is 17.1. The van der Waals surface area contributed by atoms with Crippen LogP contribution in [-0.4, -0.2) is 18.4 Å². The van der Waals surface area contributed by atoms with Gasteiger partial charge in [-0.05, 0) is 59.8 Å². The number of benzene rings is 2. The van der Waals surface area contributed by atoms with E-state index in [1.165, 1.54) is 16.7 Å². The SMILES string of the molecule is CCCCNC1(C(N)CCC)c2cc(Br)ccc2-c2ccc(C(=O)CC)cc21. The van der Waals surface area contributed by atoms with Crippen molar-refractivity contribution in [3.8, 4) is 11.1 Å². The van der Waals surface area contributed by atoms with E-state index in [1.54, 1.807) is 0 Å². The van der Waals surface area contributed by atoms with E-state index >= 15 is 0 Å². The van der Waals surface area contributed by atoms with Crippen molar-refractivity contribution in [1.82, 2.24) is 5.32 Å². The third-order valence-electron chi connectivity index (χ3n) is 5.87. The molecule has 2 atom stereocenters.